The van der Waals surface area contributed by atoms with Crippen LogP contribution in [0, 0.1) is 0 Å². The Morgan fingerprint density at radius 2 is 1.86 bits per heavy atom. The van der Waals surface area contributed by atoms with Crippen LogP contribution < -0.4 is 5.43 Å². The van der Waals surface area contributed by atoms with E-state index in [0.29, 0.717) is 5.69 Å². The number of alkyl halides is 3. The maximum Gasteiger partial charge on any atom is 0.416 e. The van der Waals surface area contributed by atoms with Crippen LogP contribution in [0.25, 0.3) is 0 Å². The summed E-state index contributed by atoms with van der Waals surface area (Å²) in [5.74, 6) is -1.08. The van der Waals surface area contributed by atoms with Gasteiger partial charge in [0.2, 0.25) is 0 Å². The number of hydrazone groups is 1. The van der Waals surface area contributed by atoms with E-state index in [0.717, 1.165) is 12.1 Å². The van der Waals surface area contributed by atoms with E-state index in [4.69, 9.17) is 5.11 Å². The van der Waals surface area contributed by atoms with Gasteiger partial charge in [-0.3, -0.25) is 5.43 Å². The Balaban J connectivity index is 2.10. The van der Waals surface area contributed by atoms with Crippen LogP contribution in [-0.4, -0.2) is 17.3 Å². The minimum atomic E-state index is -4.41. The summed E-state index contributed by atoms with van der Waals surface area (Å²) in [6.45, 7) is 0. The number of aromatic carboxylic acids is 1. The number of nitrogens with zero attached hydrogens (tertiary/aromatic N) is 1. The summed E-state index contributed by atoms with van der Waals surface area (Å²) in [6.07, 6.45) is -3.18. The number of nitrogens with one attached hydrogen (secondary N) is 1. The quantitative estimate of drug-likeness (QED) is 0.666. The molecule has 0 heterocycles. The SMILES string of the molecule is O=C(O)c1cccc(NN=Cc2cccc(C(F)(F)F)c2)c1. The van der Waals surface area contributed by atoms with Crippen LogP contribution in [0.1, 0.15) is 21.5 Å². The number of anilines is 1. The number of hydrogen-bond donors (Lipinski definition) is 2. The predicted molar refractivity (Wildman–Crippen MR) is 76.1 cm³/mol. The second-order valence-electron chi connectivity index (χ2n) is 4.38. The van der Waals surface area contributed by atoms with Crippen molar-refractivity contribution in [1.82, 2.24) is 0 Å². The van der Waals surface area contributed by atoms with E-state index in [9.17, 15) is 18.0 Å². The number of rotatable bonds is 4. The summed E-state index contributed by atoms with van der Waals surface area (Å²) in [4.78, 5) is 10.8. The van der Waals surface area contributed by atoms with E-state index in [1.165, 1.54) is 36.5 Å². The number of carboxylic acids is 1. The molecule has 0 bridgehead atoms. The van der Waals surface area contributed by atoms with E-state index in [2.05, 4.69) is 10.5 Å². The van der Waals surface area contributed by atoms with Gasteiger partial charge in [0.05, 0.1) is 23.0 Å². The van der Waals surface area contributed by atoms with Gasteiger partial charge in [0.25, 0.3) is 0 Å². The molecular weight excluding hydrogens is 297 g/mol. The summed E-state index contributed by atoms with van der Waals surface area (Å²) in [7, 11) is 0. The molecule has 2 rings (SSSR count). The monoisotopic (exact) mass is 308 g/mol. The molecule has 22 heavy (non-hydrogen) atoms. The fraction of sp³-hybridized carbons (Fsp3) is 0.0667. The molecule has 4 nitrogen and oxygen atoms in total. The molecule has 0 unspecified atom stereocenters. The molecule has 0 aromatic heterocycles. The fourth-order valence-corrected chi connectivity index (χ4v) is 1.70. The van der Waals surface area contributed by atoms with Crippen LogP contribution in [0.5, 0.6) is 0 Å². The van der Waals surface area contributed by atoms with E-state index in [1.54, 1.807) is 6.07 Å². The highest BCUT2D eigenvalue weighted by Gasteiger charge is 2.30. The molecule has 7 heteroatoms. The molecule has 2 N–H and O–H groups in total. The first-order chi connectivity index (χ1) is 10.4. The van der Waals surface area contributed by atoms with Crippen LogP contribution in [-0.2, 0) is 6.18 Å². The lowest BCUT2D eigenvalue weighted by molar-refractivity contribution is -0.137. The van der Waals surface area contributed by atoms with E-state index in [1.807, 2.05) is 0 Å². The second-order valence-corrected chi connectivity index (χ2v) is 4.38. The zero-order valence-corrected chi connectivity index (χ0v) is 11.1. The standard InChI is InChI=1S/C15H11F3N2O2/c16-15(17,18)12-5-1-3-10(7-12)9-19-20-13-6-2-4-11(8-13)14(21)22/h1-9,20H,(H,21,22). The molecule has 0 aliphatic carbocycles. The Morgan fingerprint density at radius 1 is 1.14 bits per heavy atom. The zero-order chi connectivity index (χ0) is 16.2. The van der Waals surface area contributed by atoms with E-state index in [-0.39, 0.29) is 11.1 Å². The van der Waals surface area contributed by atoms with Gasteiger partial charge in [-0.2, -0.15) is 18.3 Å². The van der Waals surface area contributed by atoms with E-state index < -0.39 is 17.7 Å². The van der Waals surface area contributed by atoms with Gasteiger partial charge in [-0.05, 0) is 35.9 Å². The summed E-state index contributed by atoms with van der Waals surface area (Å²) in [5, 5.41) is 12.6. The summed E-state index contributed by atoms with van der Waals surface area (Å²) in [6, 6.07) is 10.6. The van der Waals surface area contributed by atoms with Crippen molar-refractivity contribution in [2.45, 2.75) is 6.18 Å². The lowest BCUT2D eigenvalue weighted by Crippen LogP contribution is -2.05. The van der Waals surface area contributed by atoms with Gasteiger partial charge in [-0.15, -0.1) is 0 Å². The van der Waals surface area contributed by atoms with Gasteiger partial charge >= 0.3 is 12.1 Å². The van der Waals surface area contributed by atoms with Gasteiger partial charge < -0.3 is 5.11 Å². The lowest BCUT2D eigenvalue weighted by Gasteiger charge is -2.06. The average molecular weight is 308 g/mol. The van der Waals surface area contributed by atoms with Crippen LogP contribution in [0.4, 0.5) is 18.9 Å². The van der Waals surface area contributed by atoms with Gasteiger partial charge in [-0.1, -0.05) is 18.2 Å². The number of carbonyl (C=O) groups is 1. The normalized spacial score (nSPS) is 11.6. The maximum atomic E-state index is 12.6. The predicted octanol–water partition coefficient (Wildman–Crippen LogP) is 3.85. The minimum Gasteiger partial charge on any atom is -0.478 e. The zero-order valence-electron chi connectivity index (χ0n) is 11.1. The third-order valence-corrected chi connectivity index (χ3v) is 2.73. The third kappa shape index (κ3) is 4.08. The topological polar surface area (TPSA) is 61.7 Å². The van der Waals surface area contributed by atoms with Gasteiger partial charge in [0, 0.05) is 0 Å². The Hall–Kier alpha value is -2.83. The molecule has 0 saturated heterocycles. The lowest BCUT2D eigenvalue weighted by atomic mass is 10.1. The molecule has 114 valence electrons. The van der Waals surface area contributed by atoms with Crippen molar-refractivity contribution in [1.29, 1.82) is 0 Å². The molecule has 0 aliphatic heterocycles. The summed E-state index contributed by atoms with van der Waals surface area (Å²) >= 11 is 0. The van der Waals surface area contributed by atoms with Crippen LogP contribution >= 0.6 is 0 Å². The Kier molecular flexibility index (Phi) is 4.45. The van der Waals surface area contributed by atoms with Crippen LogP contribution in [0.2, 0.25) is 0 Å². The van der Waals surface area contributed by atoms with Crippen LogP contribution in [0.3, 0.4) is 0 Å². The Morgan fingerprint density at radius 3 is 2.55 bits per heavy atom. The molecule has 0 aliphatic rings. The highest BCUT2D eigenvalue weighted by atomic mass is 19.4. The molecule has 0 fully saturated rings. The number of hydrogen-bond acceptors (Lipinski definition) is 3. The molecule has 2 aromatic rings. The number of carboxylic acid groups (broad SMARTS) is 1. The largest absolute Gasteiger partial charge is 0.478 e. The average Bonchev–Trinajstić information content (AvgIpc) is 2.47. The second kappa shape index (κ2) is 6.30. The van der Waals surface area contributed by atoms with Gasteiger partial charge in [-0.25, -0.2) is 4.79 Å². The first-order valence-electron chi connectivity index (χ1n) is 6.16. The molecular formula is C15H11F3N2O2. The Labute approximate surface area is 123 Å². The highest BCUT2D eigenvalue weighted by Crippen LogP contribution is 2.29. The fourth-order valence-electron chi connectivity index (χ4n) is 1.70. The van der Waals surface area contributed by atoms with E-state index >= 15 is 0 Å². The highest BCUT2D eigenvalue weighted by molar-refractivity contribution is 5.88. The third-order valence-electron chi connectivity index (χ3n) is 2.73. The maximum absolute atomic E-state index is 12.6. The molecule has 0 saturated carbocycles. The van der Waals surface area contributed by atoms with Gasteiger partial charge in [0.1, 0.15) is 0 Å². The number of halogens is 3. The first kappa shape index (κ1) is 15.6. The van der Waals surface area contributed by atoms with Crippen molar-refractivity contribution in [3.8, 4) is 0 Å². The molecule has 0 radical (unpaired) electrons. The minimum absolute atomic E-state index is 0.0827. The summed E-state index contributed by atoms with van der Waals surface area (Å²) < 4.78 is 37.7. The smallest absolute Gasteiger partial charge is 0.416 e. The Bertz CT molecular complexity index is 712. The molecule has 0 spiro atoms. The van der Waals surface area contributed by atoms with Crippen molar-refractivity contribution < 1.29 is 23.1 Å². The van der Waals surface area contributed by atoms with Crippen LogP contribution in [0.15, 0.2) is 53.6 Å². The van der Waals surface area contributed by atoms with Crippen molar-refractivity contribution in [3.63, 3.8) is 0 Å². The summed E-state index contributed by atoms with van der Waals surface area (Å²) in [5.41, 5.74) is 2.59. The van der Waals surface area contributed by atoms with Gasteiger partial charge in [0.15, 0.2) is 0 Å². The van der Waals surface area contributed by atoms with Crippen molar-refractivity contribution in [3.05, 3.63) is 65.2 Å². The molecule has 2 aromatic carbocycles. The number of benzene rings is 2. The van der Waals surface area contributed by atoms with Crippen molar-refractivity contribution in [2.75, 3.05) is 5.43 Å². The molecule has 0 amide bonds. The molecule has 0 atom stereocenters. The first-order valence-corrected chi connectivity index (χ1v) is 6.16. The van der Waals surface area contributed by atoms with Crippen molar-refractivity contribution in [2.24, 2.45) is 5.10 Å². The van der Waals surface area contributed by atoms with Crippen molar-refractivity contribution >= 4 is 17.9 Å².